The molecule has 118 valence electrons. The number of likely N-dealkylation sites (tertiary alicyclic amines) is 1. The third kappa shape index (κ3) is 3.07. The van der Waals surface area contributed by atoms with Gasteiger partial charge < -0.3 is 14.7 Å². The lowest BCUT2D eigenvalue weighted by Gasteiger charge is -2.47. The quantitative estimate of drug-likeness (QED) is 0.863. The molecule has 5 heteroatoms. The Labute approximate surface area is 125 Å². The normalized spacial score (nSPS) is 36.3. The first-order chi connectivity index (χ1) is 10.2. The summed E-state index contributed by atoms with van der Waals surface area (Å²) in [6, 6.07) is 0.156. The lowest BCUT2D eigenvalue weighted by molar-refractivity contribution is -0.154. The van der Waals surface area contributed by atoms with Crippen molar-refractivity contribution < 1.29 is 19.4 Å². The van der Waals surface area contributed by atoms with Gasteiger partial charge in [-0.15, -0.1) is 0 Å². The molecule has 0 radical (unpaired) electrons. The average molecular weight is 295 g/mol. The molecular formula is C16H25NO4. The number of carbonyl (C=O) groups excluding carboxylic acids is 1. The number of ether oxygens (including phenoxy) is 1. The largest absolute Gasteiger partial charge is 0.481 e. The van der Waals surface area contributed by atoms with Gasteiger partial charge in [0.25, 0.3) is 0 Å². The highest BCUT2D eigenvalue weighted by molar-refractivity contribution is 5.78. The van der Waals surface area contributed by atoms with E-state index >= 15 is 0 Å². The maximum absolute atomic E-state index is 12.6. The number of carboxylic acids is 1. The summed E-state index contributed by atoms with van der Waals surface area (Å²) in [6.07, 6.45) is 6.31. The van der Waals surface area contributed by atoms with Crippen molar-refractivity contribution in [2.45, 2.75) is 51.0 Å². The molecule has 1 saturated carbocycles. The highest BCUT2D eigenvalue weighted by atomic mass is 16.5. The molecule has 3 aliphatic rings. The fourth-order valence-corrected chi connectivity index (χ4v) is 4.38. The van der Waals surface area contributed by atoms with Gasteiger partial charge in [0.2, 0.25) is 5.91 Å². The number of carbonyl (C=O) groups is 2. The van der Waals surface area contributed by atoms with E-state index in [4.69, 9.17) is 4.74 Å². The zero-order valence-electron chi connectivity index (χ0n) is 12.5. The van der Waals surface area contributed by atoms with Crippen molar-refractivity contribution in [3.63, 3.8) is 0 Å². The van der Waals surface area contributed by atoms with E-state index in [1.807, 2.05) is 4.90 Å². The second-order valence-electron chi connectivity index (χ2n) is 6.77. The molecule has 21 heavy (non-hydrogen) atoms. The van der Waals surface area contributed by atoms with Crippen LogP contribution in [0.15, 0.2) is 0 Å². The van der Waals surface area contributed by atoms with Crippen LogP contribution >= 0.6 is 0 Å². The van der Waals surface area contributed by atoms with Gasteiger partial charge in [-0.25, -0.2) is 0 Å². The van der Waals surface area contributed by atoms with Crippen molar-refractivity contribution in [1.82, 2.24) is 4.90 Å². The number of fused-ring (bicyclic) bond motifs is 1. The van der Waals surface area contributed by atoms with E-state index in [0.29, 0.717) is 31.9 Å². The third-order valence-corrected chi connectivity index (χ3v) is 5.50. The van der Waals surface area contributed by atoms with Crippen LogP contribution in [0.25, 0.3) is 0 Å². The number of hydrogen-bond acceptors (Lipinski definition) is 3. The van der Waals surface area contributed by atoms with Crippen molar-refractivity contribution in [3.8, 4) is 0 Å². The molecule has 4 unspecified atom stereocenters. The Bertz CT molecular complexity index is 405. The predicted octanol–water partition coefficient (Wildman–Crippen LogP) is 1.90. The molecule has 0 aromatic carbocycles. The summed E-state index contributed by atoms with van der Waals surface area (Å²) >= 11 is 0. The van der Waals surface area contributed by atoms with Gasteiger partial charge >= 0.3 is 5.97 Å². The minimum absolute atomic E-state index is 0.156. The Morgan fingerprint density at radius 2 is 1.95 bits per heavy atom. The first-order valence-electron chi connectivity index (χ1n) is 8.27. The minimum Gasteiger partial charge on any atom is -0.481 e. The van der Waals surface area contributed by atoms with Gasteiger partial charge in [0, 0.05) is 32.2 Å². The molecule has 3 fully saturated rings. The second kappa shape index (κ2) is 6.34. The Morgan fingerprint density at radius 3 is 2.67 bits per heavy atom. The van der Waals surface area contributed by atoms with Gasteiger partial charge in [0.15, 0.2) is 0 Å². The summed E-state index contributed by atoms with van der Waals surface area (Å²) in [4.78, 5) is 26.1. The third-order valence-electron chi connectivity index (χ3n) is 5.50. The van der Waals surface area contributed by atoms with Crippen LogP contribution in [0.4, 0.5) is 0 Å². The van der Waals surface area contributed by atoms with Crippen molar-refractivity contribution in [1.29, 1.82) is 0 Å². The fraction of sp³-hybridized carbons (Fsp3) is 0.875. The number of amides is 1. The summed E-state index contributed by atoms with van der Waals surface area (Å²) in [6.45, 7) is 2.08. The molecule has 0 bridgehead atoms. The van der Waals surface area contributed by atoms with Crippen LogP contribution in [0.2, 0.25) is 0 Å². The van der Waals surface area contributed by atoms with Crippen LogP contribution in [0.1, 0.15) is 44.9 Å². The Kier molecular flexibility index (Phi) is 4.48. The van der Waals surface area contributed by atoms with E-state index in [1.165, 1.54) is 0 Å². The molecule has 0 aromatic heterocycles. The van der Waals surface area contributed by atoms with Gasteiger partial charge in [-0.05, 0) is 37.5 Å². The standard InChI is InChI=1S/C16H25NO4/c18-15(9-11-6-8-21-10-11)17-7-5-13(16(19)20)12-3-1-2-4-14(12)17/h11-14H,1-10H2,(H,19,20). The molecule has 1 N–H and O–H groups in total. The van der Waals surface area contributed by atoms with Crippen LogP contribution < -0.4 is 0 Å². The Balaban J connectivity index is 1.67. The topological polar surface area (TPSA) is 66.8 Å². The molecule has 2 heterocycles. The SMILES string of the molecule is O=C(O)C1CCN(C(=O)CC2CCOC2)C2CCCCC12. The molecule has 1 aliphatic carbocycles. The lowest BCUT2D eigenvalue weighted by Crippen LogP contribution is -2.54. The molecule has 0 spiro atoms. The van der Waals surface area contributed by atoms with Crippen LogP contribution in [-0.4, -0.2) is 47.7 Å². The number of rotatable bonds is 3. The van der Waals surface area contributed by atoms with Crippen molar-refractivity contribution in [2.75, 3.05) is 19.8 Å². The minimum atomic E-state index is -0.678. The summed E-state index contributed by atoms with van der Waals surface area (Å²) < 4.78 is 5.35. The van der Waals surface area contributed by atoms with Crippen LogP contribution in [0, 0.1) is 17.8 Å². The maximum atomic E-state index is 12.6. The van der Waals surface area contributed by atoms with Crippen molar-refractivity contribution in [2.24, 2.45) is 17.8 Å². The molecule has 2 aliphatic heterocycles. The van der Waals surface area contributed by atoms with Gasteiger partial charge in [-0.2, -0.15) is 0 Å². The fourth-order valence-electron chi connectivity index (χ4n) is 4.38. The first kappa shape index (κ1) is 14.8. The maximum Gasteiger partial charge on any atom is 0.306 e. The molecule has 1 amide bonds. The van der Waals surface area contributed by atoms with Crippen molar-refractivity contribution >= 4 is 11.9 Å². The second-order valence-corrected chi connectivity index (χ2v) is 6.77. The Morgan fingerprint density at radius 1 is 1.14 bits per heavy atom. The molecular weight excluding hydrogens is 270 g/mol. The highest BCUT2D eigenvalue weighted by Gasteiger charge is 2.44. The predicted molar refractivity (Wildman–Crippen MR) is 76.7 cm³/mol. The average Bonchev–Trinajstić information content (AvgIpc) is 2.98. The summed E-state index contributed by atoms with van der Waals surface area (Å²) in [5.74, 6) is -0.200. The number of carboxylic acid groups (broad SMARTS) is 1. The van der Waals surface area contributed by atoms with Crippen LogP contribution in [0.5, 0.6) is 0 Å². The Hall–Kier alpha value is -1.10. The first-order valence-corrected chi connectivity index (χ1v) is 8.27. The summed E-state index contributed by atoms with van der Waals surface area (Å²) in [7, 11) is 0. The van der Waals surface area contributed by atoms with E-state index in [-0.39, 0.29) is 23.8 Å². The highest BCUT2D eigenvalue weighted by Crippen LogP contribution is 2.39. The number of aliphatic carboxylic acids is 1. The molecule has 5 nitrogen and oxygen atoms in total. The summed E-state index contributed by atoms with van der Waals surface area (Å²) in [5, 5.41) is 9.41. The molecule has 4 atom stereocenters. The number of hydrogen-bond donors (Lipinski definition) is 1. The van der Waals surface area contributed by atoms with E-state index < -0.39 is 5.97 Å². The van der Waals surface area contributed by atoms with E-state index in [2.05, 4.69) is 0 Å². The van der Waals surface area contributed by atoms with Gasteiger partial charge in [-0.1, -0.05) is 12.8 Å². The lowest BCUT2D eigenvalue weighted by atomic mass is 9.71. The van der Waals surface area contributed by atoms with Gasteiger partial charge in [0.05, 0.1) is 5.92 Å². The van der Waals surface area contributed by atoms with Crippen LogP contribution in [0.3, 0.4) is 0 Å². The zero-order valence-corrected chi connectivity index (χ0v) is 12.5. The van der Waals surface area contributed by atoms with E-state index in [0.717, 1.165) is 38.7 Å². The van der Waals surface area contributed by atoms with Crippen molar-refractivity contribution in [3.05, 3.63) is 0 Å². The zero-order chi connectivity index (χ0) is 14.8. The monoisotopic (exact) mass is 295 g/mol. The molecule has 3 rings (SSSR count). The molecule has 0 aromatic rings. The molecule has 2 saturated heterocycles. The number of piperidine rings is 1. The van der Waals surface area contributed by atoms with Gasteiger partial charge in [0.1, 0.15) is 0 Å². The summed E-state index contributed by atoms with van der Waals surface area (Å²) in [5.41, 5.74) is 0. The van der Waals surface area contributed by atoms with E-state index in [9.17, 15) is 14.7 Å². The smallest absolute Gasteiger partial charge is 0.306 e. The van der Waals surface area contributed by atoms with E-state index in [1.54, 1.807) is 0 Å². The van der Waals surface area contributed by atoms with Gasteiger partial charge in [-0.3, -0.25) is 9.59 Å². The van der Waals surface area contributed by atoms with Crippen LogP contribution in [-0.2, 0) is 14.3 Å². The number of nitrogens with zero attached hydrogens (tertiary/aromatic N) is 1.